The highest BCUT2D eigenvalue weighted by molar-refractivity contribution is 9.10. The topological polar surface area (TPSA) is 94.0 Å². The van der Waals surface area contributed by atoms with Gasteiger partial charge in [-0.05, 0) is 53.2 Å². The molecule has 1 unspecified atom stereocenters. The second kappa shape index (κ2) is 6.64. The van der Waals surface area contributed by atoms with Crippen LogP contribution in [0, 0.1) is 5.92 Å². The largest absolute Gasteiger partial charge is 0.340 e. The summed E-state index contributed by atoms with van der Waals surface area (Å²) in [4.78, 5) is 17.0. The maximum Gasteiger partial charge on any atom is 0.253 e. The predicted molar refractivity (Wildman–Crippen MR) is 93.2 cm³/mol. The lowest BCUT2D eigenvalue weighted by Gasteiger charge is -2.34. The Kier molecular flexibility index (Phi) is 4.73. The molecule has 1 aliphatic rings. The summed E-state index contributed by atoms with van der Waals surface area (Å²) in [6.07, 6.45) is 2.80. The first kappa shape index (κ1) is 17.1. The van der Waals surface area contributed by atoms with E-state index >= 15 is 0 Å². The molecule has 24 heavy (non-hydrogen) atoms. The Labute approximate surface area is 149 Å². The molecule has 1 saturated carbocycles. The Balaban J connectivity index is 1.80. The molecular formula is C17H21BrN4O2. The zero-order valence-corrected chi connectivity index (χ0v) is 15.3. The van der Waals surface area contributed by atoms with Crippen LogP contribution in [0.3, 0.4) is 0 Å². The van der Waals surface area contributed by atoms with Gasteiger partial charge in [-0.3, -0.25) is 4.79 Å². The van der Waals surface area contributed by atoms with E-state index in [0.29, 0.717) is 17.3 Å². The predicted octanol–water partition coefficient (Wildman–Crippen LogP) is 3.30. The molecule has 3 rings (SSSR count). The number of carbonyl (C=O) groups is 1. The minimum absolute atomic E-state index is 0.0971. The van der Waals surface area contributed by atoms with Crippen LogP contribution >= 0.6 is 15.9 Å². The van der Waals surface area contributed by atoms with Crippen molar-refractivity contribution in [3.8, 4) is 0 Å². The van der Waals surface area contributed by atoms with E-state index < -0.39 is 5.54 Å². The van der Waals surface area contributed by atoms with Crippen LogP contribution in [0.4, 0.5) is 0 Å². The minimum atomic E-state index is -0.476. The number of nitrogens with two attached hydrogens (primary N) is 1. The number of aromatic nitrogens is 2. The van der Waals surface area contributed by atoms with Gasteiger partial charge in [0.1, 0.15) is 6.04 Å². The first-order valence-electron chi connectivity index (χ1n) is 8.09. The standard InChI is InChI=1S/C17H21BrN4O2/c1-10(2)13(20-14(23)11-6-3-4-7-12(11)18)15-21-16(22-24-15)17(19)8-5-9-17/h3-4,6-7,10,13H,5,8-9,19H2,1-2H3,(H,20,23). The van der Waals surface area contributed by atoms with Gasteiger partial charge in [-0.1, -0.05) is 31.1 Å². The molecule has 1 atom stereocenters. The van der Waals surface area contributed by atoms with Gasteiger partial charge >= 0.3 is 0 Å². The van der Waals surface area contributed by atoms with Crippen LogP contribution < -0.4 is 11.1 Å². The maximum atomic E-state index is 12.6. The van der Waals surface area contributed by atoms with Crippen molar-refractivity contribution in [1.82, 2.24) is 15.5 Å². The van der Waals surface area contributed by atoms with Crippen molar-refractivity contribution in [2.45, 2.75) is 44.7 Å². The van der Waals surface area contributed by atoms with Crippen molar-refractivity contribution in [3.05, 3.63) is 46.0 Å². The smallest absolute Gasteiger partial charge is 0.253 e. The summed E-state index contributed by atoms with van der Waals surface area (Å²) < 4.78 is 6.15. The van der Waals surface area contributed by atoms with Crippen molar-refractivity contribution in [1.29, 1.82) is 0 Å². The number of nitrogens with zero attached hydrogens (tertiary/aromatic N) is 2. The van der Waals surface area contributed by atoms with Crippen LogP contribution in [0.15, 0.2) is 33.3 Å². The summed E-state index contributed by atoms with van der Waals surface area (Å²) in [5.74, 6) is 0.841. The van der Waals surface area contributed by atoms with Gasteiger partial charge in [-0.2, -0.15) is 4.98 Å². The highest BCUT2D eigenvalue weighted by atomic mass is 79.9. The molecule has 1 fully saturated rings. The van der Waals surface area contributed by atoms with Crippen molar-refractivity contribution in [2.75, 3.05) is 0 Å². The fraction of sp³-hybridized carbons (Fsp3) is 0.471. The van der Waals surface area contributed by atoms with Crippen molar-refractivity contribution < 1.29 is 9.32 Å². The average molecular weight is 393 g/mol. The minimum Gasteiger partial charge on any atom is -0.340 e. The van der Waals surface area contributed by atoms with Gasteiger partial charge in [0, 0.05) is 4.47 Å². The first-order chi connectivity index (χ1) is 11.4. The number of amides is 1. The van der Waals surface area contributed by atoms with E-state index in [4.69, 9.17) is 10.3 Å². The lowest BCUT2D eigenvalue weighted by atomic mass is 9.77. The van der Waals surface area contributed by atoms with Gasteiger partial charge < -0.3 is 15.6 Å². The lowest BCUT2D eigenvalue weighted by Crippen LogP contribution is -2.44. The van der Waals surface area contributed by atoms with Crippen LogP contribution in [0.25, 0.3) is 0 Å². The fourth-order valence-electron chi connectivity index (χ4n) is 2.72. The molecule has 0 spiro atoms. The summed E-state index contributed by atoms with van der Waals surface area (Å²) in [7, 11) is 0. The van der Waals surface area contributed by atoms with Gasteiger partial charge in [0.2, 0.25) is 5.89 Å². The lowest BCUT2D eigenvalue weighted by molar-refractivity contribution is 0.0913. The summed E-state index contributed by atoms with van der Waals surface area (Å²) in [5.41, 5.74) is 6.34. The monoisotopic (exact) mass is 392 g/mol. The normalized spacial score (nSPS) is 17.4. The van der Waals surface area contributed by atoms with Crippen molar-refractivity contribution in [3.63, 3.8) is 0 Å². The molecule has 1 aliphatic carbocycles. The molecule has 0 aliphatic heterocycles. The highest BCUT2D eigenvalue weighted by Crippen LogP contribution is 2.37. The van der Waals surface area contributed by atoms with Gasteiger partial charge in [-0.25, -0.2) is 0 Å². The average Bonchev–Trinajstić information content (AvgIpc) is 3.00. The molecule has 1 aromatic carbocycles. The second-order valence-electron chi connectivity index (χ2n) is 6.64. The molecule has 7 heteroatoms. The molecule has 3 N–H and O–H groups in total. The second-order valence-corrected chi connectivity index (χ2v) is 7.50. The fourth-order valence-corrected chi connectivity index (χ4v) is 3.19. The van der Waals surface area contributed by atoms with Crippen LogP contribution in [0.1, 0.15) is 61.2 Å². The zero-order chi connectivity index (χ0) is 17.3. The third-order valence-electron chi connectivity index (χ3n) is 4.47. The summed E-state index contributed by atoms with van der Waals surface area (Å²) >= 11 is 3.40. The van der Waals surface area contributed by atoms with E-state index in [9.17, 15) is 4.79 Å². The third-order valence-corrected chi connectivity index (χ3v) is 5.16. The molecule has 128 valence electrons. The van der Waals surface area contributed by atoms with Gasteiger partial charge in [0.15, 0.2) is 5.82 Å². The zero-order valence-electron chi connectivity index (χ0n) is 13.8. The maximum absolute atomic E-state index is 12.6. The highest BCUT2D eigenvalue weighted by Gasteiger charge is 2.40. The Morgan fingerprint density at radius 1 is 1.38 bits per heavy atom. The first-order valence-corrected chi connectivity index (χ1v) is 8.88. The van der Waals surface area contributed by atoms with E-state index in [2.05, 4.69) is 31.4 Å². The van der Waals surface area contributed by atoms with E-state index in [0.717, 1.165) is 23.7 Å². The molecule has 0 radical (unpaired) electrons. The van der Waals surface area contributed by atoms with Gasteiger partial charge in [0.25, 0.3) is 5.91 Å². The van der Waals surface area contributed by atoms with E-state index in [1.165, 1.54) is 0 Å². The third kappa shape index (κ3) is 3.23. The van der Waals surface area contributed by atoms with Gasteiger partial charge in [0.05, 0.1) is 11.1 Å². The van der Waals surface area contributed by atoms with Crippen molar-refractivity contribution in [2.24, 2.45) is 11.7 Å². The molecule has 2 aromatic rings. The van der Waals surface area contributed by atoms with Gasteiger partial charge in [-0.15, -0.1) is 0 Å². The Morgan fingerprint density at radius 3 is 2.67 bits per heavy atom. The van der Waals surface area contributed by atoms with Crippen LogP contribution in [-0.4, -0.2) is 16.0 Å². The van der Waals surface area contributed by atoms with Crippen LogP contribution in [0.5, 0.6) is 0 Å². The Hall–Kier alpha value is -1.73. The van der Waals surface area contributed by atoms with E-state index in [1.54, 1.807) is 6.07 Å². The number of hydrogen-bond donors (Lipinski definition) is 2. The number of carbonyl (C=O) groups excluding carboxylic acids is 1. The molecule has 1 amide bonds. The molecule has 1 aromatic heterocycles. The number of hydrogen-bond acceptors (Lipinski definition) is 5. The summed E-state index contributed by atoms with van der Waals surface area (Å²) in [6.45, 7) is 3.99. The van der Waals surface area contributed by atoms with E-state index in [1.807, 2.05) is 32.0 Å². The Bertz CT molecular complexity index is 740. The number of halogens is 1. The van der Waals surface area contributed by atoms with Crippen molar-refractivity contribution >= 4 is 21.8 Å². The van der Waals surface area contributed by atoms with E-state index in [-0.39, 0.29) is 17.9 Å². The summed E-state index contributed by atoms with van der Waals surface area (Å²) in [5, 5.41) is 7.02. The molecule has 0 saturated heterocycles. The molecule has 0 bridgehead atoms. The summed E-state index contributed by atoms with van der Waals surface area (Å²) in [6, 6.07) is 6.92. The van der Waals surface area contributed by atoms with Crippen LogP contribution in [-0.2, 0) is 5.54 Å². The quantitative estimate of drug-likeness (QED) is 0.813. The molecule has 6 nitrogen and oxygen atoms in total. The van der Waals surface area contributed by atoms with Crippen LogP contribution in [0.2, 0.25) is 0 Å². The molecule has 1 heterocycles. The number of benzene rings is 1. The molecular weight excluding hydrogens is 372 g/mol. The number of rotatable bonds is 5. The SMILES string of the molecule is CC(C)C(NC(=O)c1ccccc1Br)c1nc(C2(N)CCC2)no1. The Morgan fingerprint density at radius 2 is 2.08 bits per heavy atom. The number of nitrogens with one attached hydrogen (secondary N) is 1.